The summed E-state index contributed by atoms with van der Waals surface area (Å²) >= 11 is 0. The van der Waals surface area contributed by atoms with Gasteiger partial charge in [0.05, 0.1) is 6.10 Å². The predicted octanol–water partition coefficient (Wildman–Crippen LogP) is 2.23. The van der Waals surface area contributed by atoms with Crippen LogP contribution in [0.5, 0.6) is 0 Å². The third kappa shape index (κ3) is 1.85. The zero-order chi connectivity index (χ0) is 11.8. The van der Waals surface area contributed by atoms with Crippen LogP contribution in [0.3, 0.4) is 0 Å². The summed E-state index contributed by atoms with van der Waals surface area (Å²) in [6.45, 7) is 2.64. The molecule has 16 heavy (non-hydrogen) atoms. The Bertz CT molecular complexity index is 357. The molecule has 0 radical (unpaired) electrons. The monoisotopic (exact) mass is 223 g/mol. The third-order valence-electron chi connectivity index (χ3n) is 3.68. The molecule has 3 heteroatoms. The maximum atomic E-state index is 12.8. The molecule has 0 aliphatic heterocycles. The Morgan fingerprint density at radius 3 is 2.44 bits per heavy atom. The van der Waals surface area contributed by atoms with Gasteiger partial charge in [-0.1, -0.05) is 19.1 Å². The number of hydrogen-bond acceptors (Lipinski definition) is 2. The van der Waals surface area contributed by atoms with Crippen molar-refractivity contribution in [2.24, 2.45) is 17.1 Å². The van der Waals surface area contributed by atoms with E-state index < -0.39 is 6.10 Å². The first-order valence-corrected chi connectivity index (χ1v) is 5.71. The Kier molecular flexibility index (Phi) is 3.00. The number of nitrogens with two attached hydrogens (primary N) is 1. The highest BCUT2D eigenvalue weighted by Crippen LogP contribution is 2.52. The Labute approximate surface area is 95.3 Å². The van der Waals surface area contributed by atoms with E-state index in [1.54, 1.807) is 12.1 Å². The summed E-state index contributed by atoms with van der Waals surface area (Å²) in [5.41, 5.74) is 6.33. The van der Waals surface area contributed by atoms with Crippen LogP contribution in [0.25, 0.3) is 0 Å². The topological polar surface area (TPSA) is 46.2 Å². The standard InChI is InChI=1S/C13H18FNO/c1-9-6-13(7-9,8-15)12(16)10-2-4-11(14)5-3-10/h2-5,9,12,16H,6-8,15H2,1H3/t9?,12-,13?/m0/s1. The number of halogens is 1. The van der Waals surface area contributed by atoms with Crippen LogP contribution in [0.15, 0.2) is 24.3 Å². The van der Waals surface area contributed by atoms with E-state index in [4.69, 9.17) is 5.73 Å². The van der Waals surface area contributed by atoms with Gasteiger partial charge in [0.15, 0.2) is 0 Å². The van der Waals surface area contributed by atoms with Gasteiger partial charge in [0.2, 0.25) is 0 Å². The van der Waals surface area contributed by atoms with Crippen molar-refractivity contribution < 1.29 is 9.50 Å². The summed E-state index contributed by atoms with van der Waals surface area (Å²) in [5, 5.41) is 10.3. The molecule has 0 amide bonds. The van der Waals surface area contributed by atoms with E-state index in [0.717, 1.165) is 18.4 Å². The van der Waals surface area contributed by atoms with Gasteiger partial charge < -0.3 is 10.8 Å². The van der Waals surface area contributed by atoms with Crippen LogP contribution in [-0.2, 0) is 0 Å². The molecule has 2 rings (SSSR count). The minimum atomic E-state index is -0.575. The fourth-order valence-corrected chi connectivity index (χ4v) is 2.83. The largest absolute Gasteiger partial charge is 0.388 e. The molecule has 0 bridgehead atoms. The molecule has 1 fully saturated rings. The van der Waals surface area contributed by atoms with Crippen molar-refractivity contribution in [1.82, 2.24) is 0 Å². The van der Waals surface area contributed by atoms with Crippen LogP contribution in [0.2, 0.25) is 0 Å². The Hall–Kier alpha value is -0.930. The predicted molar refractivity (Wildman–Crippen MR) is 61.2 cm³/mol. The number of aliphatic hydroxyl groups excluding tert-OH is 1. The molecular weight excluding hydrogens is 205 g/mol. The van der Waals surface area contributed by atoms with E-state index in [1.165, 1.54) is 12.1 Å². The van der Waals surface area contributed by atoms with Crippen LogP contribution in [0.4, 0.5) is 4.39 Å². The van der Waals surface area contributed by atoms with Crippen molar-refractivity contribution in [3.63, 3.8) is 0 Å². The van der Waals surface area contributed by atoms with Crippen LogP contribution in [0, 0.1) is 17.2 Å². The van der Waals surface area contributed by atoms with Gasteiger partial charge in [-0.3, -0.25) is 0 Å². The lowest BCUT2D eigenvalue weighted by atomic mass is 9.58. The fraction of sp³-hybridized carbons (Fsp3) is 0.538. The van der Waals surface area contributed by atoms with Crippen molar-refractivity contribution in [3.8, 4) is 0 Å². The highest BCUT2D eigenvalue weighted by Gasteiger charge is 2.46. The van der Waals surface area contributed by atoms with Gasteiger partial charge in [0.1, 0.15) is 5.82 Å². The van der Waals surface area contributed by atoms with Gasteiger partial charge in [-0.2, -0.15) is 0 Å². The molecule has 0 aromatic heterocycles. The van der Waals surface area contributed by atoms with Crippen molar-refractivity contribution >= 4 is 0 Å². The maximum Gasteiger partial charge on any atom is 0.123 e. The minimum absolute atomic E-state index is 0.197. The van der Waals surface area contributed by atoms with Crippen LogP contribution >= 0.6 is 0 Å². The van der Waals surface area contributed by atoms with Crippen molar-refractivity contribution in [2.75, 3.05) is 6.54 Å². The van der Waals surface area contributed by atoms with Crippen molar-refractivity contribution in [2.45, 2.75) is 25.9 Å². The zero-order valence-electron chi connectivity index (χ0n) is 9.49. The van der Waals surface area contributed by atoms with Gasteiger partial charge in [-0.15, -0.1) is 0 Å². The van der Waals surface area contributed by atoms with E-state index in [1.807, 2.05) is 0 Å². The molecule has 1 saturated carbocycles. The summed E-state index contributed by atoms with van der Waals surface area (Å²) in [7, 11) is 0. The third-order valence-corrected chi connectivity index (χ3v) is 3.68. The first kappa shape index (κ1) is 11.6. The van der Waals surface area contributed by atoms with Crippen molar-refractivity contribution in [3.05, 3.63) is 35.6 Å². The number of hydrogen-bond donors (Lipinski definition) is 2. The van der Waals surface area contributed by atoms with Gasteiger partial charge in [-0.05, 0) is 36.5 Å². The number of rotatable bonds is 3. The minimum Gasteiger partial charge on any atom is -0.388 e. The van der Waals surface area contributed by atoms with Crippen LogP contribution in [0.1, 0.15) is 31.4 Å². The molecule has 1 aromatic rings. The van der Waals surface area contributed by atoms with Crippen LogP contribution < -0.4 is 5.73 Å². The Morgan fingerprint density at radius 2 is 2.00 bits per heavy atom. The van der Waals surface area contributed by atoms with E-state index in [-0.39, 0.29) is 11.2 Å². The first-order valence-electron chi connectivity index (χ1n) is 5.71. The highest BCUT2D eigenvalue weighted by molar-refractivity contribution is 5.22. The quantitative estimate of drug-likeness (QED) is 0.825. The highest BCUT2D eigenvalue weighted by atomic mass is 19.1. The lowest BCUT2D eigenvalue weighted by Gasteiger charge is -2.49. The SMILES string of the molecule is CC1CC(CN)([C@@H](O)c2ccc(F)cc2)C1. The molecule has 0 saturated heterocycles. The average Bonchev–Trinajstić information content (AvgIpc) is 2.24. The van der Waals surface area contributed by atoms with E-state index in [9.17, 15) is 9.50 Å². The molecule has 1 aliphatic carbocycles. The zero-order valence-corrected chi connectivity index (χ0v) is 9.49. The number of benzene rings is 1. The summed E-state index contributed by atoms with van der Waals surface area (Å²) in [5.74, 6) is 0.346. The first-order chi connectivity index (χ1) is 7.57. The van der Waals surface area contributed by atoms with E-state index in [0.29, 0.717) is 12.5 Å². The molecule has 3 N–H and O–H groups in total. The number of aliphatic hydroxyl groups is 1. The second-order valence-corrected chi connectivity index (χ2v) is 5.03. The average molecular weight is 223 g/mol. The molecule has 0 spiro atoms. The molecule has 1 atom stereocenters. The normalized spacial score (nSPS) is 30.9. The Morgan fingerprint density at radius 1 is 1.44 bits per heavy atom. The maximum absolute atomic E-state index is 12.8. The summed E-state index contributed by atoms with van der Waals surface area (Å²) in [6, 6.07) is 6.04. The summed E-state index contributed by atoms with van der Waals surface area (Å²) in [4.78, 5) is 0. The summed E-state index contributed by atoms with van der Waals surface area (Å²) < 4.78 is 12.8. The van der Waals surface area contributed by atoms with Gasteiger partial charge in [0, 0.05) is 12.0 Å². The van der Waals surface area contributed by atoms with Gasteiger partial charge in [0.25, 0.3) is 0 Å². The smallest absolute Gasteiger partial charge is 0.123 e. The molecule has 0 unspecified atom stereocenters. The van der Waals surface area contributed by atoms with Gasteiger partial charge >= 0.3 is 0 Å². The lowest BCUT2D eigenvalue weighted by Crippen LogP contribution is -2.46. The lowest BCUT2D eigenvalue weighted by molar-refractivity contribution is -0.0602. The molecule has 1 aliphatic rings. The second-order valence-electron chi connectivity index (χ2n) is 5.03. The molecular formula is C13H18FNO. The van der Waals surface area contributed by atoms with Crippen LogP contribution in [-0.4, -0.2) is 11.7 Å². The van der Waals surface area contributed by atoms with E-state index >= 15 is 0 Å². The molecule has 0 heterocycles. The summed E-state index contributed by atoms with van der Waals surface area (Å²) in [6.07, 6.45) is 1.32. The van der Waals surface area contributed by atoms with E-state index in [2.05, 4.69) is 6.92 Å². The fourth-order valence-electron chi connectivity index (χ4n) is 2.83. The van der Waals surface area contributed by atoms with Crippen molar-refractivity contribution in [1.29, 1.82) is 0 Å². The second kappa shape index (κ2) is 4.15. The molecule has 1 aromatic carbocycles. The Balaban J connectivity index is 2.18. The molecule has 88 valence electrons. The van der Waals surface area contributed by atoms with Gasteiger partial charge in [-0.25, -0.2) is 4.39 Å². The molecule has 2 nitrogen and oxygen atoms in total.